The number of aliphatic imine (C=N–C) groups is 1. The molecule has 2 nitrogen and oxygen atoms in total. The summed E-state index contributed by atoms with van der Waals surface area (Å²) in [4.78, 5) is 4.52. The maximum atomic E-state index is 5.69. The first-order valence-electron chi connectivity index (χ1n) is 9.60. The van der Waals surface area contributed by atoms with Gasteiger partial charge >= 0.3 is 0 Å². The molecule has 128 valence electrons. The van der Waals surface area contributed by atoms with Crippen molar-refractivity contribution in [3.05, 3.63) is 70.6 Å². The fraction of sp³-hybridized carbons (Fsp3) is 0.435. The van der Waals surface area contributed by atoms with Gasteiger partial charge in [0.2, 0.25) is 0 Å². The summed E-state index contributed by atoms with van der Waals surface area (Å²) in [6.45, 7) is 0. The van der Waals surface area contributed by atoms with Crippen LogP contribution in [-0.4, -0.2) is 13.3 Å². The highest BCUT2D eigenvalue weighted by Gasteiger charge is 2.50. The molecular weight excluding hydrogens is 306 g/mol. The third kappa shape index (κ3) is 2.19. The molecule has 5 rings (SSSR count). The highest BCUT2D eigenvalue weighted by Crippen LogP contribution is 2.59. The van der Waals surface area contributed by atoms with Gasteiger partial charge in [-0.3, -0.25) is 4.99 Å². The van der Waals surface area contributed by atoms with E-state index in [0.29, 0.717) is 0 Å². The quantitative estimate of drug-likeness (QED) is 0.743. The molecule has 1 fully saturated rings. The summed E-state index contributed by atoms with van der Waals surface area (Å²) in [6.07, 6.45) is 14.1. The second-order valence-corrected chi connectivity index (χ2v) is 7.93. The molecule has 0 aromatic heterocycles. The van der Waals surface area contributed by atoms with Crippen molar-refractivity contribution in [1.29, 1.82) is 0 Å². The molecule has 1 saturated carbocycles. The summed E-state index contributed by atoms with van der Waals surface area (Å²) in [5.74, 6) is 2.55. The van der Waals surface area contributed by atoms with E-state index in [-0.39, 0.29) is 5.41 Å². The average molecular weight is 331 g/mol. The zero-order valence-corrected chi connectivity index (χ0v) is 14.9. The van der Waals surface area contributed by atoms with Crippen LogP contribution in [0.1, 0.15) is 37.7 Å². The van der Waals surface area contributed by atoms with Gasteiger partial charge in [-0.25, -0.2) is 0 Å². The van der Waals surface area contributed by atoms with Crippen molar-refractivity contribution in [1.82, 2.24) is 0 Å². The Balaban J connectivity index is 1.52. The van der Waals surface area contributed by atoms with Gasteiger partial charge in [0.25, 0.3) is 0 Å². The predicted molar refractivity (Wildman–Crippen MR) is 101 cm³/mol. The van der Waals surface area contributed by atoms with Crippen LogP contribution in [0.15, 0.2) is 70.1 Å². The van der Waals surface area contributed by atoms with E-state index in [0.717, 1.165) is 17.6 Å². The minimum absolute atomic E-state index is 0.0335. The second-order valence-electron chi connectivity index (χ2n) is 7.93. The van der Waals surface area contributed by atoms with Gasteiger partial charge in [0.1, 0.15) is 5.76 Å². The number of nitrogens with zero attached hydrogens (tertiary/aromatic N) is 1. The third-order valence-corrected chi connectivity index (χ3v) is 6.79. The van der Waals surface area contributed by atoms with Gasteiger partial charge in [-0.05, 0) is 67.6 Å². The van der Waals surface area contributed by atoms with E-state index >= 15 is 0 Å². The zero-order valence-electron chi connectivity index (χ0n) is 14.9. The van der Waals surface area contributed by atoms with E-state index in [2.05, 4.69) is 47.6 Å². The van der Waals surface area contributed by atoms with Crippen molar-refractivity contribution in [3.63, 3.8) is 0 Å². The fourth-order valence-corrected chi connectivity index (χ4v) is 5.66. The highest BCUT2D eigenvalue weighted by molar-refractivity contribution is 5.86. The summed E-state index contributed by atoms with van der Waals surface area (Å²) >= 11 is 0. The summed E-state index contributed by atoms with van der Waals surface area (Å²) in [5.41, 5.74) is 6.03. The van der Waals surface area contributed by atoms with Gasteiger partial charge in [-0.2, -0.15) is 0 Å². The van der Waals surface area contributed by atoms with E-state index in [1.165, 1.54) is 55.2 Å². The Hall–Kier alpha value is -2.09. The van der Waals surface area contributed by atoms with Crippen molar-refractivity contribution < 1.29 is 4.74 Å². The molecule has 0 amide bonds. The number of hydrogen-bond acceptors (Lipinski definition) is 2. The Morgan fingerprint density at radius 1 is 1.20 bits per heavy atom. The minimum atomic E-state index is 0.0335. The summed E-state index contributed by atoms with van der Waals surface area (Å²) in [6, 6.07) is 11.0. The Labute approximate surface area is 150 Å². The molecule has 1 heterocycles. The number of fused-ring (bicyclic) bond motifs is 1. The highest BCUT2D eigenvalue weighted by atomic mass is 16.5. The smallest absolute Gasteiger partial charge is 0.125 e. The van der Waals surface area contributed by atoms with Gasteiger partial charge in [-0.1, -0.05) is 35.9 Å². The number of benzene rings is 1. The Kier molecular flexibility index (Phi) is 3.48. The first kappa shape index (κ1) is 15.2. The van der Waals surface area contributed by atoms with Crippen LogP contribution >= 0.6 is 0 Å². The van der Waals surface area contributed by atoms with Gasteiger partial charge in [0.15, 0.2) is 0 Å². The summed E-state index contributed by atoms with van der Waals surface area (Å²) < 4.78 is 5.69. The number of hydrogen-bond donors (Lipinski definition) is 0. The maximum Gasteiger partial charge on any atom is 0.125 e. The monoisotopic (exact) mass is 331 g/mol. The molecular formula is C23H25NO. The van der Waals surface area contributed by atoms with Crippen molar-refractivity contribution in [3.8, 4) is 0 Å². The summed E-state index contributed by atoms with van der Waals surface area (Å²) in [7, 11) is 1.79. The Bertz CT molecular complexity index is 814. The molecule has 1 aromatic rings. The molecule has 0 radical (unpaired) electrons. The van der Waals surface area contributed by atoms with Crippen LogP contribution < -0.4 is 0 Å². The molecule has 25 heavy (non-hydrogen) atoms. The number of rotatable bonds is 3. The van der Waals surface area contributed by atoms with Crippen molar-refractivity contribution in [2.75, 3.05) is 7.11 Å². The van der Waals surface area contributed by atoms with E-state index in [1.54, 1.807) is 12.7 Å². The molecule has 0 saturated heterocycles. The third-order valence-electron chi connectivity index (χ3n) is 6.79. The fourth-order valence-electron chi connectivity index (χ4n) is 5.66. The molecule has 3 aliphatic carbocycles. The molecule has 3 unspecified atom stereocenters. The predicted octanol–water partition coefficient (Wildman–Crippen LogP) is 5.23. The van der Waals surface area contributed by atoms with Crippen LogP contribution in [0.4, 0.5) is 0 Å². The Morgan fingerprint density at radius 3 is 2.92 bits per heavy atom. The SMILES string of the molecule is COC1=CC2=C3CCCC(Cc4ccccc4)C3CCC23C=NC=C13. The molecule has 1 aliphatic heterocycles. The number of ether oxygens (including phenoxy) is 1. The van der Waals surface area contributed by atoms with E-state index in [9.17, 15) is 0 Å². The first-order chi connectivity index (χ1) is 12.3. The first-order valence-corrected chi connectivity index (χ1v) is 9.60. The standard InChI is InChI=1S/C23H25NO/c1-25-22-13-20-19-9-5-8-17(12-16-6-3-2-4-7-16)18(19)10-11-23(20)15-24-14-21(22)23/h2-4,6-7,13-15,17-18H,5,8-12H2,1H3. The minimum Gasteiger partial charge on any atom is -0.496 e. The lowest BCUT2D eigenvalue weighted by Gasteiger charge is -2.43. The number of methoxy groups -OCH3 is 1. The second kappa shape index (κ2) is 5.72. The molecule has 2 heteroatoms. The van der Waals surface area contributed by atoms with Crippen molar-refractivity contribution >= 4 is 6.21 Å². The van der Waals surface area contributed by atoms with Gasteiger partial charge in [-0.15, -0.1) is 0 Å². The molecule has 0 N–H and O–H groups in total. The van der Waals surface area contributed by atoms with E-state index < -0.39 is 0 Å². The van der Waals surface area contributed by atoms with Crippen molar-refractivity contribution in [2.24, 2.45) is 22.2 Å². The lowest BCUT2D eigenvalue weighted by molar-refractivity contribution is 0.247. The van der Waals surface area contributed by atoms with Gasteiger partial charge < -0.3 is 4.74 Å². The van der Waals surface area contributed by atoms with Crippen LogP contribution in [0.25, 0.3) is 0 Å². The zero-order chi connectivity index (χ0) is 16.9. The normalized spacial score (nSPS) is 32.7. The van der Waals surface area contributed by atoms with Crippen LogP contribution in [-0.2, 0) is 11.2 Å². The molecule has 4 aliphatic rings. The topological polar surface area (TPSA) is 21.6 Å². The summed E-state index contributed by atoms with van der Waals surface area (Å²) in [5, 5.41) is 0. The van der Waals surface area contributed by atoms with Crippen molar-refractivity contribution in [2.45, 2.75) is 38.5 Å². The molecule has 1 spiro atoms. The number of allylic oxidation sites excluding steroid dienone is 4. The Morgan fingerprint density at radius 2 is 2.08 bits per heavy atom. The van der Waals surface area contributed by atoms with Gasteiger partial charge in [0, 0.05) is 18.0 Å². The van der Waals surface area contributed by atoms with Crippen LogP contribution in [0, 0.1) is 17.3 Å². The molecule has 0 bridgehead atoms. The van der Waals surface area contributed by atoms with Crippen LogP contribution in [0.5, 0.6) is 0 Å². The van der Waals surface area contributed by atoms with Crippen LogP contribution in [0.2, 0.25) is 0 Å². The lowest BCUT2D eigenvalue weighted by Crippen LogP contribution is -2.35. The maximum absolute atomic E-state index is 5.69. The largest absolute Gasteiger partial charge is 0.496 e. The molecule has 1 aromatic carbocycles. The van der Waals surface area contributed by atoms with Gasteiger partial charge in [0.05, 0.1) is 12.5 Å². The van der Waals surface area contributed by atoms with Crippen LogP contribution in [0.3, 0.4) is 0 Å². The lowest BCUT2D eigenvalue weighted by atomic mass is 9.60. The van der Waals surface area contributed by atoms with E-state index in [1.807, 2.05) is 6.20 Å². The van der Waals surface area contributed by atoms with E-state index in [4.69, 9.17) is 4.74 Å². The molecule has 3 atom stereocenters. The average Bonchev–Trinajstić information content (AvgIpc) is 3.19.